The summed E-state index contributed by atoms with van der Waals surface area (Å²) in [4.78, 5) is 38.0. The number of hydrogen-bond donors (Lipinski definition) is 1. The van der Waals surface area contributed by atoms with Gasteiger partial charge in [0.15, 0.2) is 6.61 Å². The number of carbonyl (C=O) groups excluding carboxylic acids is 2. The Morgan fingerprint density at radius 1 is 1.17 bits per heavy atom. The van der Waals surface area contributed by atoms with E-state index in [4.69, 9.17) is 38.4 Å². The average molecular weight is 518 g/mol. The molecule has 2 aromatic carbocycles. The third-order valence-electron chi connectivity index (χ3n) is 5.87. The van der Waals surface area contributed by atoms with E-state index in [1.165, 1.54) is 18.3 Å². The zero-order valence-electron chi connectivity index (χ0n) is 19.3. The highest BCUT2D eigenvalue weighted by atomic mass is 35.5. The van der Waals surface area contributed by atoms with Gasteiger partial charge in [0.2, 0.25) is 5.91 Å². The van der Waals surface area contributed by atoms with Crippen molar-refractivity contribution in [2.75, 3.05) is 32.6 Å². The highest BCUT2D eigenvalue weighted by Gasteiger charge is 2.41. The van der Waals surface area contributed by atoms with Crippen molar-refractivity contribution in [3.63, 3.8) is 0 Å². The Hall–Kier alpha value is -3.14. The van der Waals surface area contributed by atoms with Gasteiger partial charge in [0, 0.05) is 41.7 Å². The van der Waals surface area contributed by atoms with Crippen LogP contribution >= 0.6 is 23.2 Å². The zero-order valence-corrected chi connectivity index (χ0v) is 20.8. The number of nitrogens with two attached hydrogens (primary N) is 1. The van der Waals surface area contributed by atoms with Gasteiger partial charge in [-0.15, -0.1) is 0 Å². The van der Waals surface area contributed by atoms with Crippen molar-refractivity contribution in [3.8, 4) is 5.75 Å². The van der Waals surface area contributed by atoms with Gasteiger partial charge in [0.05, 0.1) is 12.1 Å². The van der Waals surface area contributed by atoms with Crippen molar-refractivity contribution >= 4 is 51.7 Å². The van der Waals surface area contributed by atoms with Gasteiger partial charge in [-0.25, -0.2) is 9.97 Å². The van der Waals surface area contributed by atoms with Crippen LogP contribution in [0.15, 0.2) is 42.7 Å². The van der Waals surface area contributed by atoms with Crippen molar-refractivity contribution in [1.29, 1.82) is 0 Å². The predicted molar refractivity (Wildman–Crippen MR) is 133 cm³/mol. The second-order valence-electron chi connectivity index (χ2n) is 8.34. The van der Waals surface area contributed by atoms with Gasteiger partial charge in [-0.3, -0.25) is 9.59 Å². The third-order valence-corrected chi connectivity index (χ3v) is 6.30. The number of amides is 2. The highest BCUT2D eigenvalue weighted by Crippen LogP contribution is 2.26. The fourth-order valence-corrected chi connectivity index (χ4v) is 4.65. The fraction of sp³-hybridized carbons (Fsp3) is 0.333. The number of hydrogen-bond acceptors (Lipinski definition) is 7. The van der Waals surface area contributed by atoms with E-state index < -0.39 is 6.04 Å². The van der Waals surface area contributed by atoms with E-state index in [1.54, 1.807) is 23.1 Å². The molecule has 0 bridgehead atoms. The summed E-state index contributed by atoms with van der Waals surface area (Å²) in [6.07, 6.45) is 1.41. The molecule has 1 unspecified atom stereocenters. The number of methoxy groups -OCH3 is 1. The van der Waals surface area contributed by atoms with E-state index >= 15 is 0 Å². The molecule has 2 N–H and O–H groups in total. The number of rotatable bonds is 7. The fourth-order valence-electron chi connectivity index (χ4n) is 4.14. The Morgan fingerprint density at radius 2 is 1.91 bits per heavy atom. The first-order chi connectivity index (χ1) is 16.8. The number of nitrogens with zero attached hydrogens (tertiary/aromatic N) is 4. The Balaban J connectivity index is 1.49. The predicted octanol–water partition coefficient (Wildman–Crippen LogP) is 3.17. The molecular formula is C24H25Cl2N5O4. The normalized spacial score (nSPS) is 18.2. The van der Waals surface area contributed by atoms with E-state index in [2.05, 4.69) is 9.97 Å². The summed E-state index contributed by atoms with van der Waals surface area (Å²) in [5.74, 6) is 0.242. The lowest BCUT2D eigenvalue weighted by Gasteiger charge is -2.44. The summed E-state index contributed by atoms with van der Waals surface area (Å²) in [7, 11) is 1.50. The Labute approximate surface area is 212 Å². The zero-order chi connectivity index (χ0) is 25.1. The molecule has 2 atom stereocenters. The maximum atomic E-state index is 13.5. The second kappa shape index (κ2) is 10.6. The van der Waals surface area contributed by atoms with Crippen molar-refractivity contribution < 1.29 is 19.1 Å². The van der Waals surface area contributed by atoms with Gasteiger partial charge < -0.3 is 25.0 Å². The molecule has 11 heteroatoms. The van der Waals surface area contributed by atoms with Crippen molar-refractivity contribution in [3.05, 3.63) is 58.3 Å². The van der Waals surface area contributed by atoms with Crippen LogP contribution < -0.4 is 10.5 Å². The Bertz CT molecular complexity index is 1240. The molecule has 1 aliphatic heterocycles. The first kappa shape index (κ1) is 25.0. The minimum Gasteiger partial charge on any atom is -0.484 e. The number of benzene rings is 2. The van der Waals surface area contributed by atoms with E-state index in [-0.39, 0.29) is 31.1 Å². The minimum absolute atomic E-state index is 0.0677. The molecule has 1 saturated heterocycles. The van der Waals surface area contributed by atoms with Crippen LogP contribution in [0, 0.1) is 0 Å². The van der Waals surface area contributed by atoms with Crippen molar-refractivity contribution in [1.82, 2.24) is 19.8 Å². The van der Waals surface area contributed by atoms with E-state index in [0.29, 0.717) is 40.2 Å². The molecule has 9 nitrogen and oxygen atoms in total. The lowest BCUT2D eigenvalue weighted by molar-refractivity contribution is -0.159. The van der Waals surface area contributed by atoms with Crippen molar-refractivity contribution in [2.24, 2.45) is 0 Å². The molecule has 184 valence electrons. The van der Waals surface area contributed by atoms with Crippen molar-refractivity contribution in [2.45, 2.75) is 25.6 Å². The Morgan fingerprint density at radius 3 is 2.63 bits per heavy atom. The first-order valence-corrected chi connectivity index (χ1v) is 11.7. The molecular weight excluding hydrogens is 493 g/mol. The number of nitrogen functional groups attached to an aromatic ring is 1. The van der Waals surface area contributed by atoms with Gasteiger partial charge in [-0.1, -0.05) is 29.3 Å². The summed E-state index contributed by atoms with van der Waals surface area (Å²) in [5, 5.41) is 1.55. The number of fused-ring (bicyclic) bond motifs is 1. The number of aromatic nitrogens is 2. The molecule has 4 rings (SSSR count). The van der Waals surface area contributed by atoms with Crippen LogP contribution in [-0.2, 0) is 20.9 Å². The van der Waals surface area contributed by atoms with Crippen LogP contribution in [-0.4, -0.2) is 70.5 Å². The van der Waals surface area contributed by atoms with Crippen LogP contribution in [0.3, 0.4) is 0 Å². The molecule has 0 radical (unpaired) electrons. The molecule has 0 saturated carbocycles. The van der Waals surface area contributed by atoms with Crippen LogP contribution in [0.4, 0.5) is 5.82 Å². The molecule has 1 aliphatic rings. The molecule has 3 aromatic rings. The van der Waals surface area contributed by atoms with Gasteiger partial charge in [0.1, 0.15) is 23.9 Å². The van der Waals surface area contributed by atoms with Gasteiger partial charge in [0.25, 0.3) is 5.91 Å². The van der Waals surface area contributed by atoms with E-state index in [1.807, 2.05) is 25.1 Å². The number of halogens is 2. The molecule has 0 spiro atoms. The van der Waals surface area contributed by atoms with Crippen LogP contribution in [0.1, 0.15) is 12.5 Å². The first-order valence-electron chi connectivity index (χ1n) is 10.9. The minimum atomic E-state index is -0.770. The number of ether oxygens (including phenoxy) is 2. The largest absolute Gasteiger partial charge is 0.484 e. The maximum Gasteiger partial charge on any atom is 0.261 e. The number of carbonyl (C=O) groups is 2. The van der Waals surface area contributed by atoms with Crippen LogP contribution in [0.25, 0.3) is 10.9 Å². The van der Waals surface area contributed by atoms with Crippen LogP contribution in [0.5, 0.6) is 5.75 Å². The quantitative estimate of drug-likeness (QED) is 0.512. The van der Waals surface area contributed by atoms with E-state index in [0.717, 1.165) is 10.9 Å². The average Bonchev–Trinajstić information content (AvgIpc) is 2.81. The summed E-state index contributed by atoms with van der Waals surface area (Å²) in [5.41, 5.74) is 7.52. The smallest absolute Gasteiger partial charge is 0.261 e. The SMILES string of the molecule is COC[C@H]1C(=O)N(Cc2ccc3c(N)ncnc3c2)C(C)CN1C(=O)COc1cc(Cl)cc(Cl)c1. The number of piperazine rings is 1. The molecule has 1 aromatic heterocycles. The van der Waals surface area contributed by atoms with Gasteiger partial charge >= 0.3 is 0 Å². The standard InChI is InChI=1S/C24H25Cl2N5O4/c1-14-9-31(22(32)12-35-18-7-16(25)6-17(26)8-18)21(11-34-2)24(33)30(14)10-15-3-4-19-20(5-15)28-13-29-23(19)27/h3-8,13-14,21H,9-12H2,1-2H3,(H2,27,28,29)/t14?,21-/m0/s1. The van der Waals surface area contributed by atoms with Crippen LogP contribution in [0.2, 0.25) is 10.0 Å². The molecule has 1 fully saturated rings. The monoisotopic (exact) mass is 517 g/mol. The summed E-state index contributed by atoms with van der Waals surface area (Å²) >= 11 is 12.0. The lowest BCUT2D eigenvalue weighted by atomic mass is 10.0. The maximum absolute atomic E-state index is 13.5. The van der Waals surface area contributed by atoms with E-state index in [9.17, 15) is 9.59 Å². The topological polar surface area (TPSA) is 111 Å². The van der Waals surface area contributed by atoms with Gasteiger partial charge in [-0.2, -0.15) is 0 Å². The summed E-state index contributed by atoms with van der Waals surface area (Å²) in [6.45, 7) is 2.40. The molecule has 35 heavy (non-hydrogen) atoms. The molecule has 2 heterocycles. The highest BCUT2D eigenvalue weighted by molar-refractivity contribution is 6.34. The molecule has 2 amide bonds. The summed E-state index contributed by atoms with van der Waals surface area (Å²) < 4.78 is 10.9. The Kier molecular flexibility index (Phi) is 7.59. The summed E-state index contributed by atoms with van der Waals surface area (Å²) in [6, 6.07) is 9.35. The third kappa shape index (κ3) is 5.58. The van der Waals surface area contributed by atoms with Gasteiger partial charge in [-0.05, 0) is 42.8 Å². The molecule has 0 aliphatic carbocycles. The number of anilines is 1. The lowest BCUT2D eigenvalue weighted by Crippen LogP contribution is -2.63. The second-order valence-corrected chi connectivity index (χ2v) is 9.21.